The van der Waals surface area contributed by atoms with Gasteiger partial charge in [0.15, 0.2) is 0 Å². The van der Waals surface area contributed by atoms with Gasteiger partial charge in [0.1, 0.15) is 5.75 Å². The summed E-state index contributed by atoms with van der Waals surface area (Å²) in [4.78, 5) is 11.5. The van der Waals surface area contributed by atoms with Crippen molar-refractivity contribution in [2.45, 2.75) is 39.2 Å². The van der Waals surface area contributed by atoms with Gasteiger partial charge in [-0.05, 0) is 28.3 Å². The molecule has 0 radical (unpaired) electrons. The van der Waals surface area contributed by atoms with Crippen LogP contribution in [-0.4, -0.2) is 11.3 Å². The van der Waals surface area contributed by atoms with E-state index in [1.54, 1.807) is 0 Å². The van der Waals surface area contributed by atoms with Crippen LogP contribution in [0.4, 0.5) is 10.5 Å². The molecule has 4 heteroatoms. The third-order valence-electron chi connectivity index (χ3n) is 4.88. The summed E-state index contributed by atoms with van der Waals surface area (Å²) < 4.78 is 5.36. The predicted molar refractivity (Wildman–Crippen MR) is 119 cm³/mol. The Morgan fingerprint density at radius 2 is 1.69 bits per heavy atom. The van der Waals surface area contributed by atoms with Crippen LogP contribution in [0.2, 0.25) is 0 Å². The third-order valence-corrected chi connectivity index (χ3v) is 4.88. The van der Waals surface area contributed by atoms with Gasteiger partial charge in [0, 0.05) is 23.2 Å². The Labute approximate surface area is 171 Å². The summed E-state index contributed by atoms with van der Waals surface area (Å²) in [6.07, 6.45) is 1.22. The number of hydrogen-bond donors (Lipinski definition) is 2. The molecule has 2 N–H and O–H groups in total. The maximum atomic E-state index is 11.5. The van der Waals surface area contributed by atoms with Crippen molar-refractivity contribution in [1.29, 1.82) is 0 Å². The lowest BCUT2D eigenvalue weighted by atomic mass is 9.80. The largest absolute Gasteiger partial charge is 0.511 e. The molecule has 0 spiro atoms. The van der Waals surface area contributed by atoms with Crippen molar-refractivity contribution in [3.05, 3.63) is 83.9 Å². The fourth-order valence-electron chi connectivity index (χ4n) is 3.72. The molecule has 3 aromatic rings. The van der Waals surface area contributed by atoms with Crippen molar-refractivity contribution in [3.63, 3.8) is 0 Å². The van der Waals surface area contributed by atoms with E-state index in [1.165, 1.54) is 0 Å². The van der Waals surface area contributed by atoms with Crippen LogP contribution in [0.25, 0.3) is 10.8 Å². The van der Waals surface area contributed by atoms with Gasteiger partial charge in [0.25, 0.3) is 0 Å². The highest BCUT2D eigenvalue weighted by Crippen LogP contribution is 2.46. The highest BCUT2D eigenvalue weighted by molar-refractivity contribution is 5.99. The number of rotatable bonds is 6. The van der Waals surface area contributed by atoms with Crippen molar-refractivity contribution in [2.24, 2.45) is 0 Å². The van der Waals surface area contributed by atoms with Gasteiger partial charge in [-0.15, -0.1) is 6.58 Å². The highest BCUT2D eigenvalue weighted by Gasteiger charge is 2.29. The zero-order valence-corrected chi connectivity index (χ0v) is 17.2. The van der Waals surface area contributed by atoms with Gasteiger partial charge in [0.05, 0.1) is 0 Å². The SMILES string of the molecule is C=CCc1c(NCc2ccccc2)c(C(C)(C)C)c(OC(=O)O)c2ccccc12. The van der Waals surface area contributed by atoms with Crippen molar-refractivity contribution < 1.29 is 14.6 Å². The summed E-state index contributed by atoms with van der Waals surface area (Å²) in [6, 6.07) is 17.9. The van der Waals surface area contributed by atoms with E-state index in [0.29, 0.717) is 18.7 Å². The Kier molecular flexibility index (Phi) is 5.92. The number of carbonyl (C=O) groups is 1. The monoisotopic (exact) mass is 389 g/mol. The average Bonchev–Trinajstić information content (AvgIpc) is 2.68. The van der Waals surface area contributed by atoms with E-state index in [0.717, 1.165) is 33.2 Å². The minimum Gasteiger partial charge on any atom is -0.449 e. The first-order valence-corrected chi connectivity index (χ1v) is 9.70. The molecule has 3 rings (SSSR count). The van der Waals surface area contributed by atoms with Crippen molar-refractivity contribution >= 4 is 22.6 Å². The first kappa shape index (κ1) is 20.5. The minimum atomic E-state index is -1.31. The topological polar surface area (TPSA) is 58.6 Å². The Morgan fingerprint density at radius 3 is 2.28 bits per heavy atom. The van der Waals surface area contributed by atoms with Crippen molar-refractivity contribution in [3.8, 4) is 5.75 Å². The van der Waals surface area contributed by atoms with E-state index in [2.05, 4.69) is 44.8 Å². The second-order valence-electron chi connectivity index (χ2n) is 8.05. The summed E-state index contributed by atoms with van der Waals surface area (Å²) in [5, 5.41) is 14.8. The first-order valence-electron chi connectivity index (χ1n) is 9.70. The molecule has 29 heavy (non-hydrogen) atoms. The van der Waals surface area contributed by atoms with Crippen LogP contribution in [0.15, 0.2) is 67.3 Å². The van der Waals surface area contributed by atoms with E-state index < -0.39 is 6.16 Å². The molecule has 0 aromatic heterocycles. The van der Waals surface area contributed by atoms with Gasteiger partial charge in [-0.3, -0.25) is 0 Å². The molecule has 3 aromatic carbocycles. The molecule has 0 aliphatic carbocycles. The molecule has 0 unspecified atom stereocenters. The van der Waals surface area contributed by atoms with Crippen LogP contribution in [-0.2, 0) is 18.4 Å². The Hall–Kier alpha value is -3.27. The molecule has 0 atom stereocenters. The van der Waals surface area contributed by atoms with Crippen LogP contribution in [0, 0.1) is 0 Å². The number of ether oxygens (including phenoxy) is 1. The number of hydrogen-bond acceptors (Lipinski definition) is 3. The van der Waals surface area contributed by atoms with Crippen LogP contribution >= 0.6 is 0 Å². The number of allylic oxidation sites excluding steroid dienone is 1. The number of anilines is 1. The standard InChI is InChI=1S/C25H27NO3/c1-5-11-19-18-14-9-10-15-20(18)23(29-24(27)28)21(25(2,3)4)22(19)26-16-17-12-7-6-8-13-17/h5-10,12-15,26H,1,11,16H2,2-4H3,(H,27,28). The number of fused-ring (bicyclic) bond motifs is 1. The maximum Gasteiger partial charge on any atom is 0.511 e. The molecule has 150 valence electrons. The van der Waals surface area contributed by atoms with Crippen LogP contribution in [0.1, 0.15) is 37.5 Å². The highest BCUT2D eigenvalue weighted by atomic mass is 16.7. The smallest absolute Gasteiger partial charge is 0.449 e. The summed E-state index contributed by atoms with van der Waals surface area (Å²) >= 11 is 0. The zero-order chi connectivity index (χ0) is 21.0. The molecular formula is C25H27NO3. The number of nitrogens with one attached hydrogen (secondary N) is 1. The number of benzene rings is 3. The van der Waals surface area contributed by atoms with Gasteiger partial charge >= 0.3 is 6.16 Å². The molecule has 4 nitrogen and oxygen atoms in total. The zero-order valence-electron chi connectivity index (χ0n) is 17.2. The predicted octanol–water partition coefficient (Wildman–Crippen LogP) is 6.53. The summed E-state index contributed by atoms with van der Waals surface area (Å²) in [6.45, 7) is 10.8. The first-order chi connectivity index (χ1) is 13.8. The molecular weight excluding hydrogens is 362 g/mol. The minimum absolute atomic E-state index is 0.343. The maximum absolute atomic E-state index is 11.5. The Bertz CT molecular complexity index is 1030. The molecule has 0 aliphatic heterocycles. The average molecular weight is 389 g/mol. The summed E-state index contributed by atoms with van der Waals surface area (Å²) in [7, 11) is 0. The van der Waals surface area contributed by atoms with E-state index in [1.807, 2.05) is 48.5 Å². The molecule has 0 amide bonds. The number of carboxylic acid groups (broad SMARTS) is 1. The van der Waals surface area contributed by atoms with Gasteiger partial charge < -0.3 is 15.2 Å². The van der Waals surface area contributed by atoms with E-state index in [-0.39, 0.29) is 5.41 Å². The lowest BCUT2D eigenvalue weighted by Crippen LogP contribution is -2.20. The van der Waals surface area contributed by atoms with Gasteiger partial charge in [-0.1, -0.05) is 81.4 Å². The molecule has 0 fully saturated rings. The van der Waals surface area contributed by atoms with Gasteiger partial charge in [0.2, 0.25) is 0 Å². The third kappa shape index (κ3) is 4.43. The van der Waals surface area contributed by atoms with E-state index in [9.17, 15) is 9.90 Å². The molecule has 0 bridgehead atoms. The van der Waals surface area contributed by atoms with Gasteiger partial charge in [-0.25, -0.2) is 4.79 Å². The lowest BCUT2D eigenvalue weighted by Gasteiger charge is -2.29. The molecule has 0 saturated carbocycles. The van der Waals surface area contributed by atoms with Gasteiger partial charge in [-0.2, -0.15) is 0 Å². The Morgan fingerprint density at radius 1 is 1.07 bits per heavy atom. The van der Waals surface area contributed by atoms with Crippen molar-refractivity contribution in [1.82, 2.24) is 0 Å². The van der Waals surface area contributed by atoms with Crippen LogP contribution in [0.3, 0.4) is 0 Å². The van der Waals surface area contributed by atoms with Crippen LogP contribution < -0.4 is 10.1 Å². The second-order valence-corrected chi connectivity index (χ2v) is 8.05. The summed E-state index contributed by atoms with van der Waals surface area (Å²) in [5.74, 6) is 0.393. The Balaban J connectivity index is 2.30. The van der Waals surface area contributed by atoms with E-state index >= 15 is 0 Å². The second kappa shape index (κ2) is 8.39. The fraction of sp³-hybridized carbons (Fsp3) is 0.240. The summed E-state index contributed by atoms with van der Waals surface area (Å²) in [5.41, 5.74) is 3.66. The quantitative estimate of drug-likeness (QED) is 0.286. The lowest BCUT2D eigenvalue weighted by molar-refractivity contribution is 0.144. The molecule has 0 heterocycles. The normalized spacial score (nSPS) is 11.3. The fourth-order valence-corrected chi connectivity index (χ4v) is 3.72. The molecule has 0 saturated heterocycles. The van der Waals surface area contributed by atoms with E-state index in [4.69, 9.17) is 4.74 Å². The van der Waals surface area contributed by atoms with Crippen molar-refractivity contribution in [2.75, 3.05) is 5.32 Å². The van der Waals surface area contributed by atoms with Crippen LogP contribution in [0.5, 0.6) is 5.75 Å². The molecule has 0 aliphatic rings.